The van der Waals surface area contributed by atoms with E-state index in [-0.39, 0.29) is 38.7 Å². The summed E-state index contributed by atoms with van der Waals surface area (Å²) < 4.78 is 0. The van der Waals surface area contributed by atoms with Crippen molar-refractivity contribution in [1.82, 2.24) is 0 Å². The van der Waals surface area contributed by atoms with E-state index < -0.39 is 0 Å². The van der Waals surface area contributed by atoms with Crippen molar-refractivity contribution in [3.8, 4) is 0 Å². The first-order valence-corrected chi connectivity index (χ1v) is 2.97. The molecule has 0 N–H and O–H groups in total. The van der Waals surface area contributed by atoms with Crippen LogP contribution >= 0.6 is 0 Å². The number of hydrogen-bond acceptors (Lipinski definition) is 2. The molecule has 0 aliphatic carbocycles. The second kappa shape index (κ2) is 5.79. The monoisotopic (exact) mass is 311 g/mol. The Labute approximate surface area is 75.6 Å². The third-order valence-corrected chi connectivity index (χ3v) is 1.58. The minimum absolute atomic E-state index is 0. The first-order chi connectivity index (χ1) is 4.09. The number of hydrogen-bond donors (Lipinski definition) is 0. The van der Waals surface area contributed by atoms with Gasteiger partial charge in [-0.15, -0.1) is 5.92 Å². The minimum atomic E-state index is -0.262. The zero-order chi connectivity index (χ0) is 7.44. The van der Waals surface area contributed by atoms with Crippen molar-refractivity contribution in [2.45, 2.75) is 20.8 Å². The normalized spacial score (nSPS) is 14.7. The Kier molecular flexibility index (Phi) is 7.34. The van der Waals surface area contributed by atoms with Crippen LogP contribution in [0, 0.1) is 11.8 Å². The zero-order valence-corrected chi connectivity index (χ0v) is 9.31. The molecule has 0 rings (SSSR count). The van der Waals surface area contributed by atoms with Crippen molar-refractivity contribution < 1.29 is 30.7 Å². The van der Waals surface area contributed by atoms with Gasteiger partial charge in [-0.05, 0) is 12.8 Å². The molecule has 0 saturated carbocycles. The van der Waals surface area contributed by atoms with Crippen LogP contribution in [0.25, 0.3) is 0 Å². The Morgan fingerprint density at radius 3 is 1.90 bits per heavy atom. The summed E-state index contributed by atoms with van der Waals surface area (Å²) in [7, 11) is 0. The van der Waals surface area contributed by atoms with E-state index in [1.165, 1.54) is 6.92 Å². The molecule has 0 saturated heterocycles. The molecular formula is C7H11O2W-. The molecule has 2 atom stereocenters. The van der Waals surface area contributed by atoms with Gasteiger partial charge in [0.25, 0.3) is 0 Å². The van der Waals surface area contributed by atoms with Crippen molar-refractivity contribution >= 4 is 12.1 Å². The Morgan fingerprint density at radius 1 is 1.40 bits per heavy atom. The molecule has 0 aromatic heterocycles. The molecule has 58 valence electrons. The van der Waals surface area contributed by atoms with Gasteiger partial charge in [-0.2, -0.15) is 0 Å². The van der Waals surface area contributed by atoms with Crippen LogP contribution in [0.3, 0.4) is 0 Å². The summed E-state index contributed by atoms with van der Waals surface area (Å²) in [5.41, 5.74) is 0. The molecule has 0 bridgehead atoms. The first kappa shape index (κ1) is 12.7. The summed E-state index contributed by atoms with van der Waals surface area (Å²) in [5.74, 6) is -0.393. The van der Waals surface area contributed by atoms with Crippen LogP contribution in [0.4, 0.5) is 0 Å². The molecule has 0 amide bonds. The SMILES string of the molecule is CC(=O)C(C)C(C)[C-]=O.[W]. The number of ketones is 1. The van der Waals surface area contributed by atoms with E-state index in [4.69, 9.17) is 0 Å². The van der Waals surface area contributed by atoms with Crippen LogP contribution in [0.5, 0.6) is 0 Å². The van der Waals surface area contributed by atoms with Gasteiger partial charge in [0.05, 0.1) is 0 Å². The maximum absolute atomic E-state index is 10.6. The molecular weight excluding hydrogens is 300 g/mol. The Morgan fingerprint density at radius 2 is 1.80 bits per heavy atom. The van der Waals surface area contributed by atoms with Gasteiger partial charge in [0.1, 0.15) is 5.78 Å². The summed E-state index contributed by atoms with van der Waals surface area (Å²) in [6.45, 7) is 4.91. The number of rotatable bonds is 3. The second-order valence-corrected chi connectivity index (χ2v) is 2.31. The van der Waals surface area contributed by atoms with Gasteiger partial charge >= 0.3 is 0 Å². The van der Waals surface area contributed by atoms with Gasteiger partial charge in [0.15, 0.2) is 0 Å². The number of Topliss-reactive ketones (excluding diaryl/α,β-unsaturated/α-hetero) is 1. The third kappa shape index (κ3) is 3.94. The fraction of sp³-hybridized carbons (Fsp3) is 0.714. The number of carbonyl (C=O) groups excluding carboxylic acids is 2. The average Bonchev–Trinajstić information content (AvgIpc) is 1.84. The molecule has 2 nitrogen and oxygen atoms in total. The van der Waals surface area contributed by atoms with E-state index in [0.29, 0.717) is 0 Å². The molecule has 0 radical (unpaired) electrons. The van der Waals surface area contributed by atoms with Crippen LogP contribution in [0.2, 0.25) is 0 Å². The molecule has 2 unspecified atom stereocenters. The van der Waals surface area contributed by atoms with Gasteiger partial charge in [0.2, 0.25) is 0 Å². The summed E-state index contributed by atoms with van der Waals surface area (Å²) in [4.78, 5) is 20.5. The average molecular weight is 311 g/mol. The quantitative estimate of drug-likeness (QED) is 0.728. The Bertz CT molecular complexity index is 123. The molecule has 0 aromatic carbocycles. The van der Waals surface area contributed by atoms with Gasteiger partial charge in [-0.25, -0.2) is 0 Å². The summed E-state index contributed by atoms with van der Waals surface area (Å²) in [5, 5.41) is 0. The van der Waals surface area contributed by atoms with Crippen LogP contribution in [0.1, 0.15) is 20.8 Å². The molecule has 0 aromatic rings. The number of carbonyl (C=O) groups is 1. The van der Waals surface area contributed by atoms with Gasteiger partial charge in [0, 0.05) is 21.1 Å². The topological polar surface area (TPSA) is 34.1 Å². The van der Waals surface area contributed by atoms with E-state index in [1.807, 2.05) is 0 Å². The van der Waals surface area contributed by atoms with Gasteiger partial charge in [-0.1, -0.05) is 13.8 Å². The van der Waals surface area contributed by atoms with E-state index in [2.05, 4.69) is 0 Å². The van der Waals surface area contributed by atoms with Crippen LogP contribution in [-0.4, -0.2) is 12.1 Å². The largest absolute Gasteiger partial charge is 0.541 e. The molecule has 3 heteroatoms. The molecule has 0 aliphatic heterocycles. The maximum atomic E-state index is 10.6. The summed E-state index contributed by atoms with van der Waals surface area (Å²) in [6.07, 6.45) is 1.78. The van der Waals surface area contributed by atoms with Crippen molar-refractivity contribution in [3.63, 3.8) is 0 Å². The first-order valence-electron chi connectivity index (χ1n) is 2.97. The van der Waals surface area contributed by atoms with E-state index in [1.54, 1.807) is 20.1 Å². The molecule has 0 spiro atoms. The van der Waals surface area contributed by atoms with E-state index in [9.17, 15) is 9.59 Å². The fourth-order valence-corrected chi connectivity index (χ4v) is 0.454. The Hall–Kier alpha value is 0.0283. The smallest absolute Gasteiger partial charge is 0.130 e. The summed E-state index contributed by atoms with van der Waals surface area (Å²) in [6, 6.07) is 0. The predicted molar refractivity (Wildman–Crippen MR) is 34.7 cm³/mol. The fourth-order valence-electron chi connectivity index (χ4n) is 0.454. The van der Waals surface area contributed by atoms with Crippen molar-refractivity contribution in [3.05, 3.63) is 0 Å². The standard InChI is InChI=1S/C7H11O2.W/c1-5(4-8)6(2)7(3)9;/h5-6H,1-3H3;/q-1;. The maximum Gasteiger partial charge on any atom is 0.130 e. The molecule has 0 fully saturated rings. The third-order valence-electron chi connectivity index (χ3n) is 1.58. The Balaban J connectivity index is 0. The van der Waals surface area contributed by atoms with Crippen molar-refractivity contribution in [2.75, 3.05) is 0 Å². The van der Waals surface area contributed by atoms with Crippen LogP contribution in [0.15, 0.2) is 0 Å². The molecule has 0 aliphatic rings. The molecule has 0 heterocycles. The zero-order valence-electron chi connectivity index (χ0n) is 6.38. The van der Waals surface area contributed by atoms with Gasteiger partial charge < -0.3 is 4.79 Å². The molecule has 10 heavy (non-hydrogen) atoms. The van der Waals surface area contributed by atoms with Crippen molar-refractivity contribution in [2.24, 2.45) is 11.8 Å². The van der Waals surface area contributed by atoms with Crippen molar-refractivity contribution in [1.29, 1.82) is 0 Å². The summed E-state index contributed by atoms with van der Waals surface area (Å²) >= 11 is 0. The minimum Gasteiger partial charge on any atom is -0.541 e. The predicted octanol–water partition coefficient (Wildman–Crippen LogP) is 0.955. The second-order valence-electron chi connectivity index (χ2n) is 2.31. The van der Waals surface area contributed by atoms with E-state index >= 15 is 0 Å². The van der Waals surface area contributed by atoms with Crippen LogP contribution < -0.4 is 0 Å². The van der Waals surface area contributed by atoms with Gasteiger partial charge in [-0.3, -0.25) is 11.1 Å². The van der Waals surface area contributed by atoms with E-state index in [0.717, 1.165) is 0 Å². The van der Waals surface area contributed by atoms with Crippen LogP contribution in [-0.2, 0) is 30.7 Å².